The van der Waals surface area contributed by atoms with Gasteiger partial charge in [-0.1, -0.05) is 18.2 Å². The number of ether oxygens (including phenoxy) is 1. The Balaban J connectivity index is 1.85. The number of carbonyl (C=O) groups is 1. The van der Waals surface area contributed by atoms with Crippen molar-refractivity contribution in [3.63, 3.8) is 0 Å². The summed E-state index contributed by atoms with van der Waals surface area (Å²) in [6.45, 7) is 0.679. The Morgan fingerprint density at radius 2 is 2.10 bits per heavy atom. The zero-order chi connectivity index (χ0) is 14.1. The van der Waals surface area contributed by atoms with Gasteiger partial charge in [0.1, 0.15) is 5.75 Å². The summed E-state index contributed by atoms with van der Waals surface area (Å²) in [5.74, 6) is -0.737. The van der Waals surface area contributed by atoms with E-state index in [2.05, 4.69) is 0 Å². The van der Waals surface area contributed by atoms with E-state index in [0.717, 1.165) is 23.3 Å². The molecular formula is C16H18O4. The number of carboxylic acids is 1. The SMILES string of the molecule is O=C(O)C1CC=CCC1C(O)c1ccc2c(c1)CCO2. The predicted molar refractivity (Wildman–Crippen MR) is 73.6 cm³/mol. The summed E-state index contributed by atoms with van der Waals surface area (Å²) < 4.78 is 5.45. The fourth-order valence-electron chi connectivity index (χ4n) is 3.11. The van der Waals surface area contributed by atoms with Crippen molar-refractivity contribution < 1.29 is 19.7 Å². The average molecular weight is 274 g/mol. The molecule has 3 unspecified atom stereocenters. The van der Waals surface area contributed by atoms with E-state index in [9.17, 15) is 15.0 Å². The van der Waals surface area contributed by atoms with Gasteiger partial charge in [-0.2, -0.15) is 0 Å². The van der Waals surface area contributed by atoms with Crippen molar-refractivity contribution in [2.45, 2.75) is 25.4 Å². The lowest BCUT2D eigenvalue weighted by Gasteiger charge is -2.29. The van der Waals surface area contributed by atoms with Gasteiger partial charge in [-0.25, -0.2) is 0 Å². The third-order valence-electron chi connectivity index (χ3n) is 4.26. The molecule has 0 amide bonds. The highest BCUT2D eigenvalue weighted by Crippen LogP contribution is 2.38. The maximum atomic E-state index is 11.3. The largest absolute Gasteiger partial charge is 0.493 e. The van der Waals surface area contributed by atoms with Gasteiger partial charge >= 0.3 is 5.97 Å². The molecule has 3 atom stereocenters. The van der Waals surface area contributed by atoms with Crippen molar-refractivity contribution in [2.75, 3.05) is 6.61 Å². The number of aliphatic hydroxyl groups excluding tert-OH is 1. The Bertz CT molecular complexity index is 549. The fourth-order valence-corrected chi connectivity index (χ4v) is 3.11. The summed E-state index contributed by atoms with van der Waals surface area (Å²) in [4.78, 5) is 11.3. The molecular weight excluding hydrogens is 256 g/mol. The van der Waals surface area contributed by atoms with Crippen LogP contribution < -0.4 is 4.74 Å². The molecule has 1 aromatic carbocycles. The van der Waals surface area contributed by atoms with E-state index in [4.69, 9.17) is 4.74 Å². The Kier molecular flexibility index (Phi) is 3.49. The summed E-state index contributed by atoms with van der Waals surface area (Å²) in [5.41, 5.74) is 1.89. The van der Waals surface area contributed by atoms with Gasteiger partial charge in [-0.3, -0.25) is 4.79 Å². The lowest BCUT2D eigenvalue weighted by atomic mass is 9.77. The lowest BCUT2D eigenvalue weighted by molar-refractivity contribution is -0.145. The maximum Gasteiger partial charge on any atom is 0.307 e. The molecule has 1 heterocycles. The van der Waals surface area contributed by atoms with Crippen LogP contribution in [0.4, 0.5) is 0 Å². The van der Waals surface area contributed by atoms with Crippen LogP contribution in [-0.4, -0.2) is 22.8 Å². The molecule has 1 aliphatic heterocycles. The predicted octanol–water partition coefficient (Wildman–Crippen LogP) is 2.32. The summed E-state index contributed by atoms with van der Waals surface area (Å²) in [6.07, 6.45) is 5.05. The second kappa shape index (κ2) is 5.29. The molecule has 0 aromatic heterocycles. The first-order valence-corrected chi connectivity index (χ1v) is 6.98. The molecule has 3 rings (SSSR count). The Labute approximate surface area is 117 Å². The molecule has 4 nitrogen and oxygen atoms in total. The highest BCUT2D eigenvalue weighted by atomic mass is 16.5. The van der Waals surface area contributed by atoms with E-state index >= 15 is 0 Å². The third-order valence-corrected chi connectivity index (χ3v) is 4.26. The molecule has 0 fully saturated rings. The van der Waals surface area contributed by atoms with Crippen LogP contribution in [0.5, 0.6) is 5.75 Å². The minimum atomic E-state index is -0.831. The molecule has 0 saturated heterocycles. The van der Waals surface area contributed by atoms with Gasteiger partial charge in [0, 0.05) is 12.3 Å². The van der Waals surface area contributed by atoms with Gasteiger partial charge < -0.3 is 14.9 Å². The fraction of sp³-hybridized carbons (Fsp3) is 0.438. The van der Waals surface area contributed by atoms with E-state index < -0.39 is 18.0 Å². The zero-order valence-corrected chi connectivity index (χ0v) is 11.2. The van der Waals surface area contributed by atoms with E-state index in [-0.39, 0.29) is 5.92 Å². The highest BCUT2D eigenvalue weighted by molar-refractivity contribution is 5.71. The summed E-state index contributed by atoms with van der Waals surface area (Å²) in [7, 11) is 0. The van der Waals surface area contributed by atoms with Crippen LogP contribution in [0.1, 0.15) is 30.1 Å². The molecule has 1 aliphatic carbocycles. The van der Waals surface area contributed by atoms with Crippen LogP contribution in [0.3, 0.4) is 0 Å². The van der Waals surface area contributed by atoms with Crippen LogP contribution in [0.2, 0.25) is 0 Å². The van der Waals surface area contributed by atoms with Crippen molar-refractivity contribution in [2.24, 2.45) is 11.8 Å². The molecule has 4 heteroatoms. The van der Waals surface area contributed by atoms with Crippen molar-refractivity contribution in [1.29, 1.82) is 0 Å². The normalized spacial score (nSPS) is 25.9. The van der Waals surface area contributed by atoms with Crippen molar-refractivity contribution >= 4 is 5.97 Å². The summed E-state index contributed by atoms with van der Waals surface area (Å²) in [6, 6.07) is 5.66. The smallest absolute Gasteiger partial charge is 0.307 e. The topological polar surface area (TPSA) is 66.8 Å². The standard InChI is InChI=1S/C16H18O4/c17-15(12-3-1-2-4-13(12)16(18)19)11-5-6-14-10(9-11)7-8-20-14/h1-2,5-6,9,12-13,15,17H,3-4,7-8H2,(H,18,19). The van der Waals surface area contributed by atoms with Crippen molar-refractivity contribution in [3.05, 3.63) is 41.5 Å². The van der Waals surface area contributed by atoms with Gasteiger partial charge in [-0.05, 0) is 36.1 Å². The monoisotopic (exact) mass is 274 g/mol. The van der Waals surface area contributed by atoms with Crippen LogP contribution >= 0.6 is 0 Å². The first-order chi connectivity index (χ1) is 9.66. The second-order valence-corrected chi connectivity index (χ2v) is 5.46. The Morgan fingerprint density at radius 1 is 1.30 bits per heavy atom. The first-order valence-electron chi connectivity index (χ1n) is 6.98. The van der Waals surface area contributed by atoms with Crippen LogP contribution in [0, 0.1) is 11.8 Å². The van der Waals surface area contributed by atoms with E-state index in [1.807, 2.05) is 30.4 Å². The lowest BCUT2D eigenvalue weighted by Crippen LogP contribution is -2.29. The van der Waals surface area contributed by atoms with Crippen molar-refractivity contribution in [1.82, 2.24) is 0 Å². The number of fused-ring (bicyclic) bond motifs is 1. The Hall–Kier alpha value is -1.81. The summed E-state index contributed by atoms with van der Waals surface area (Å²) in [5, 5.41) is 19.9. The minimum Gasteiger partial charge on any atom is -0.493 e. The molecule has 2 aliphatic rings. The molecule has 1 aromatic rings. The molecule has 0 spiro atoms. The first kappa shape index (κ1) is 13.2. The second-order valence-electron chi connectivity index (χ2n) is 5.46. The van der Waals surface area contributed by atoms with Gasteiger partial charge in [0.15, 0.2) is 0 Å². The number of hydrogen-bond donors (Lipinski definition) is 2. The van der Waals surface area contributed by atoms with E-state index in [1.165, 1.54) is 0 Å². The van der Waals surface area contributed by atoms with Gasteiger partial charge in [-0.15, -0.1) is 0 Å². The van der Waals surface area contributed by atoms with E-state index in [0.29, 0.717) is 19.4 Å². The number of benzene rings is 1. The highest BCUT2D eigenvalue weighted by Gasteiger charge is 2.34. The molecule has 0 saturated carbocycles. The minimum absolute atomic E-state index is 0.266. The zero-order valence-electron chi connectivity index (χ0n) is 11.2. The molecule has 0 radical (unpaired) electrons. The average Bonchev–Trinajstić information content (AvgIpc) is 2.93. The van der Waals surface area contributed by atoms with Gasteiger partial charge in [0.25, 0.3) is 0 Å². The van der Waals surface area contributed by atoms with Crippen LogP contribution in [-0.2, 0) is 11.2 Å². The quantitative estimate of drug-likeness (QED) is 0.830. The van der Waals surface area contributed by atoms with Crippen molar-refractivity contribution in [3.8, 4) is 5.75 Å². The maximum absolute atomic E-state index is 11.3. The number of hydrogen-bond acceptors (Lipinski definition) is 3. The number of allylic oxidation sites excluding steroid dienone is 2. The molecule has 2 N–H and O–H groups in total. The van der Waals surface area contributed by atoms with Crippen LogP contribution in [0.15, 0.2) is 30.4 Å². The van der Waals surface area contributed by atoms with Crippen LogP contribution in [0.25, 0.3) is 0 Å². The van der Waals surface area contributed by atoms with E-state index in [1.54, 1.807) is 0 Å². The molecule has 20 heavy (non-hydrogen) atoms. The summed E-state index contributed by atoms with van der Waals surface area (Å²) >= 11 is 0. The van der Waals surface area contributed by atoms with Gasteiger partial charge in [0.05, 0.1) is 18.6 Å². The molecule has 106 valence electrons. The third kappa shape index (κ3) is 2.31. The number of carboxylic acid groups (broad SMARTS) is 1. The number of rotatable bonds is 3. The Morgan fingerprint density at radius 3 is 2.90 bits per heavy atom. The molecule has 0 bridgehead atoms. The van der Waals surface area contributed by atoms with Gasteiger partial charge in [0.2, 0.25) is 0 Å². The number of aliphatic carboxylic acids is 1. The number of aliphatic hydroxyl groups is 1.